The van der Waals surface area contributed by atoms with Crippen molar-refractivity contribution in [2.75, 3.05) is 24.5 Å². The molecule has 2 amide bonds. The fourth-order valence-corrected chi connectivity index (χ4v) is 7.52. The molecule has 0 bridgehead atoms. The molecular weight excluding hydrogens is 542 g/mol. The van der Waals surface area contributed by atoms with Gasteiger partial charge in [-0.05, 0) is 62.3 Å². The summed E-state index contributed by atoms with van der Waals surface area (Å²) in [5.74, 6) is -0.591. The lowest BCUT2D eigenvalue weighted by Gasteiger charge is -2.33. The molecule has 2 aliphatic heterocycles. The SMILES string of the molecule is CCC(=O)N1CCc2cc(Br)cc(S(=O)(=O)N3CCC[C@H](C(=O)N[C@@H](C)CCc4ccccc4)C3)c21. The van der Waals surface area contributed by atoms with Gasteiger partial charge in [-0.25, -0.2) is 8.42 Å². The zero-order valence-corrected chi connectivity index (χ0v) is 23.3. The van der Waals surface area contributed by atoms with Gasteiger partial charge < -0.3 is 10.2 Å². The van der Waals surface area contributed by atoms with E-state index in [1.165, 1.54) is 9.87 Å². The van der Waals surface area contributed by atoms with Crippen LogP contribution in [0.4, 0.5) is 5.69 Å². The molecule has 1 fully saturated rings. The van der Waals surface area contributed by atoms with E-state index < -0.39 is 15.9 Å². The molecule has 0 aromatic heterocycles. The van der Waals surface area contributed by atoms with Gasteiger partial charge in [0.25, 0.3) is 0 Å². The van der Waals surface area contributed by atoms with E-state index in [2.05, 4.69) is 33.4 Å². The molecular formula is C27H34BrN3O4S. The summed E-state index contributed by atoms with van der Waals surface area (Å²) < 4.78 is 29.8. The molecule has 2 aromatic carbocycles. The zero-order valence-electron chi connectivity index (χ0n) is 20.9. The lowest BCUT2D eigenvalue weighted by Crippen LogP contribution is -2.47. The van der Waals surface area contributed by atoms with E-state index in [0.717, 1.165) is 18.4 Å². The maximum absolute atomic E-state index is 13.8. The average Bonchev–Trinajstić information content (AvgIpc) is 3.30. The van der Waals surface area contributed by atoms with E-state index >= 15 is 0 Å². The first kappa shape index (κ1) is 26.8. The molecule has 0 saturated carbocycles. The highest BCUT2D eigenvalue weighted by atomic mass is 79.9. The predicted octanol–water partition coefficient (Wildman–Crippen LogP) is 4.29. The normalized spacial score (nSPS) is 19.1. The van der Waals surface area contributed by atoms with Gasteiger partial charge in [0.1, 0.15) is 4.90 Å². The Hall–Kier alpha value is -2.23. The quantitative estimate of drug-likeness (QED) is 0.508. The Morgan fingerprint density at radius 3 is 2.64 bits per heavy atom. The smallest absolute Gasteiger partial charge is 0.245 e. The number of hydrogen-bond donors (Lipinski definition) is 1. The van der Waals surface area contributed by atoms with Crippen molar-refractivity contribution in [3.63, 3.8) is 0 Å². The number of nitrogens with zero attached hydrogens (tertiary/aromatic N) is 2. The minimum absolute atomic E-state index is 0.00773. The Kier molecular flexibility index (Phi) is 8.52. The number of carbonyl (C=O) groups is 2. The van der Waals surface area contributed by atoms with Crippen molar-refractivity contribution < 1.29 is 18.0 Å². The van der Waals surface area contributed by atoms with Crippen LogP contribution in [-0.4, -0.2) is 50.2 Å². The molecule has 2 atom stereocenters. The highest BCUT2D eigenvalue weighted by Crippen LogP contribution is 2.39. The number of sulfonamides is 1. The molecule has 9 heteroatoms. The van der Waals surface area contributed by atoms with Crippen molar-refractivity contribution in [1.82, 2.24) is 9.62 Å². The Bertz CT molecular complexity index is 1220. The van der Waals surface area contributed by atoms with Crippen LogP contribution in [0.25, 0.3) is 0 Å². The summed E-state index contributed by atoms with van der Waals surface area (Å²) in [6, 6.07) is 13.6. The predicted molar refractivity (Wildman–Crippen MR) is 144 cm³/mol. The van der Waals surface area contributed by atoms with Crippen LogP contribution >= 0.6 is 15.9 Å². The summed E-state index contributed by atoms with van der Waals surface area (Å²) >= 11 is 3.45. The van der Waals surface area contributed by atoms with E-state index in [1.807, 2.05) is 31.2 Å². The van der Waals surface area contributed by atoms with Gasteiger partial charge in [-0.1, -0.05) is 53.2 Å². The Morgan fingerprint density at radius 2 is 1.92 bits per heavy atom. The fraction of sp³-hybridized carbons (Fsp3) is 0.481. The average molecular weight is 577 g/mol. The highest BCUT2D eigenvalue weighted by molar-refractivity contribution is 9.10. The summed E-state index contributed by atoms with van der Waals surface area (Å²) in [6.07, 6.45) is 3.88. The maximum Gasteiger partial charge on any atom is 0.245 e. The van der Waals surface area contributed by atoms with Crippen molar-refractivity contribution in [1.29, 1.82) is 0 Å². The van der Waals surface area contributed by atoms with Gasteiger partial charge in [0.05, 0.1) is 11.6 Å². The van der Waals surface area contributed by atoms with Gasteiger partial charge in [-0.2, -0.15) is 4.31 Å². The van der Waals surface area contributed by atoms with E-state index in [0.29, 0.717) is 48.9 Å². The number of amides is 2. The molecule has 1 saturated heterocycles. The van der Waals surface area contributed by atoms with Crippen LogP contribution in [0.5, 0.6) is 0 Å². The lowest BCUT2D eigenvalue weighted by atomic mass is 9.98. The molecule has 2 aliphatic rings. The minimum atomic E-state index is -3.90. The molecule has 194 valence electrons. The van der Waals surface area contributed by atoms with Crippen LogP contribution in [0.3, 0.4) is 0 Å². The topological polar surface area (TPSA) is 86.8 Å². The summed E-state index contributed by atoms with van der Waals surface area (Å²) in [5.41, 5.74) is 2.57. The van der Waals surface area contributed by atoms with Crippen LogP contribution in [0.1, 0.15) is 50.7 Å². The van der Waals surface area contributed by atoms with Crippen LogP contribution in [0, 0.1) is 5.92 Å². The second-order valence-corrected chi connectivity index (χ2v) is 12.5. The number of piperidine rings is 1. The van der Waals surface area contributed by atoms with Crippen molar-refractivity contribution in [3.05, 3.63) is 58.1 Å². The molecule has 1 N–H and O–H groups in total. The van der Waals surface area contributed by atoms with Crippen LogP contribution in [-0.2, 0) is 32.5 Å². The van der Waals surface area contributed by atoms with E-state index in [-0.39, 0.29) is 29.3 Å². The molecule has 7 nitrogen and oxygen atoms in total. The lowest BCUT2D eigenvalue weighted by molar-refractivity contribution is -0.126. The Labute approximate surface area is 222 Å². The number of halogens is 1. The molecule has 0 aliphatic carbocycles. The number of carbonyl (C=O) groups excluding carboxylic acids is 2. The second kappa shape index (κ2) is 11.4. The van der Waals surface area contributed by atoms with Crippen LogP contribution in [0.15, 0.2) is 51.8 Å². The molecule has 2 heterocycles. The molecule has 4 rings (SSSR count). The molecule has 36 heavy (non-hydrogen) atoms. The first-order valence-corrected chi connectivity index (χ1v) is 14.9. The van der Waals surface area contributed by atoms with E-state index in [9.17, 15) is 18.0 Å². The van der Waals surface area contributed by atoms with Gasteiger partial charge >= 0.3 is 0 Å². The first-order chi connectivity index (χ1) is 17.2. The molecule has 0 spiro atoms. The first-order valence-electron chi connectivity index (χ1n) is 12.7. The number of aryl methyl sites for hydroxylation is 1. The fourth-order valence-electron chi connectivity index (χ4n) is 5.08. The van der Waals surface area contributed by atoms with E-state index in [1.54, 1.807) is 17.9 Å². The third-order valence-corrected chi connectivity index (χ3v) is 9.40. The summed E-state index contributed by atoms with van der Waals surface area (Å²) in [5, 5.41) is 3.09. The monoisotopic (exact) mass is 575 g/mol. The van der Waals surface area contributed by atoms with Gasteiger partial charge in [0.2, 0.25) is 21.8 Å². The van der Waals surface area contributed by atoms with E-state index in [4.69, 9.17) is 0 Å². The van der Waals surface area contributed by atoms with Gasteiger partial charge in [0, 0.05) is 36.6 Å². The number of fused-ring (bicyclic) bond motifs is 1. The largest absolute Gasteiger partial charge is 0.353 e. The highest BCUT2D eigenvalue weighted by Gasteiger charge is 2.38. The van der Waals surface area contributed by atoms with Gasteiger partial charge in [0.15, 0.2) is 0 Å². The number of nitrogens with one attached hydrogen (secondary N) is 1. The van der Waals surface area contributed by atoms with Crippen molar-refractivity contribution >= 4 is 43.5 Å². The third kappa shape index (κ3) is 5.84. The summed E-state index contributed by atoms with van der Waals surface area (Å²) in [7, 11) is -3.90. The minimum Gasteiger partial charge on any atom is -0.353 e. The zero-order chi connectivity index (χ0) is 25.9. The van der Waals surface area contributed by atoms with Crippen LogP contribution < -0.4 is 10.2 Å². The Morgan fingerprint density at radius 1 is 1.17 bits per heavy atom. The standard InChI is InChI=1S/C27H34BrN3O4S/c1-3-25(32)31-15-13-21-16-23(28)17-24(26(21)31)36(34,35)30-14-7-10-22(18-30)27(33)29-19(2)11-12-20-8-5-4-6-9-20/h4-6,8-9,16-17,19,22H,3,7,10-15,18H2,1-2H3,(H,29,33)/t19-,22-/m0/s1. The number of anilines is 1. The maximum atomic E-state index is 13.8. The number of hydrogen-bond acceptors (Lipinski definition) is 4. The van der Waals surface area contributed by atoms with Crippen molar-refractivity contribution in [3.8, 4) is 0 Å². The number of benzene rings is 2. The van der Waals surface area contributed by atoms with Gasteiger partial charge in [-0.3, -0.25) is 9.59 Å². The number of rotatable bonds is 8. The van der Waals surface area contributed by atoms with Crippen molar-refractivity contribution in [2.24, 2.45) is 5.92 Å². The third-order valence-electron chi connectivity index (χ3n) is 7.07. The van der Waals surface area contributed by atoms with Crippen molar-refractivity contribution in [2.45, 2.75) is 63.3 Å². The molecule has 0 radical (unpaired) electrons. The summed E-state index contributed by atoms with van der Waals surface area (Å²) in [6.45, 7) is 4.75. The molecule has 2 aromatic rings. The molecule has 0 unspecified atom stereocenters. The summed E-state index contributed by atoms with van der Waals surface area (Å²) in [4.78, 5) is 27.4. The Balaban J connectivity index is 1.47. The van der Waals surface area contributed by atoms with Crippen LogP contribution in [0.2, 0.25) is 0 Å². The van der Waals surface area contributed by atoms with Gasteiger partial charge in [-0.15, -0.1) is 0 Å². The second-order valence-electron chi connectivity index (χ2n) is 9.70.